The summed E-state index contributed by atoms with van der Waals surface area (Å²) in [5.41, 5.74) is 0. The van der Waals surface area contributed by atoms with Crippen LogP contribution in [-0.2, 0) is 10.2 Å². The van der Waals surface area contributed by atoms with Crippen molar-refractivity contribution in [2.24, 2.45) is 5.92 Å². The molecule has 1 aliphatic rings. The van der Waals surface area contributed by atoms with Gasteiger partial charge in [0.1, 0.15) is 0 Å². The molecule has 0 aromatic carbocycles. The van der Waals surface area contributed by atoms with E-state index in [0.29, 0.717) is 6.54 Å². The van der Waals surface area contributed by atoms with Gasteiger partial charge in [0, 0.05) is 13.6 Å². The SMILES string of the molecule is CNS(=O)(=O)NCCCC1CCNC1. The van der Waals surface area contributed by atoms with E-state index in [9.17, 15) is 8.42 Å². The van der Waals surface area contributed by atoms with Gasteiger partial charge in [0.2, 0.25) is 0 Å². The second-order valence-electron chi connectivity index (χ2n) is 3.60. The van der Waals surface area contributed by atoms with E-state index in [1.807, 2.05) is 0 Å². The van der Waals surface area contributed by atoms with Crippen molar-refractivity contribution in [2.75, 3.05) is 26.7 Å². The van der Waals surface area contributed by atoms with Crippen LogP contribution in [0, 0.1) is 5.92 Å². The van der Waals surface area contributed by atoms with E-state index in [4.69, 9.17) is 0 Å². The summed E-state index contributed by atoms with van der Waals surface area (Å²) in [5, 5.41) is 3.29. The molecule has 14 heavy (non-hydrogen) atoms. The van der Waals surface area contributed by atoms with Gasteiger partial charge in [0.15, 0.2) is 0 Å². The molecule has 1 unspecified atom stereocenters. The zero-order valence-corrected chi connectivity index (χ0v) is 9.36. The van der Waals surface area contributed by atoms with Crippen LogP contribution in [0.15, 0.2) is 0 Å². The summed E-state index contributed by atoms with van der Waals surface area (Å²) in [6.45, 7) is 2.71. The Balaban J connectivity index is 2.04. The highest BCUT2D eigenvalue weighted by molar-refractivity contribution is 7.87. The lowest BCUT2D eigenvalue weighted by Gasteiger charge is -2.08. The van der Waals surface area contributed by atoms with E-state index in [0.717, 1.165) is 31.8 Å². The van der Waals surface area contributed by atoms with Crippen LogP contribution >= 0.6 is 0 Å². The van der Waals surface area contributed by atoms with E-state index >= 15 is 0 Å². The van der Waals surface area contributed by atoms with E-state index in [1.54, 1.807) is 0 Å². The Bertz CT molecular complexity index is 247. The van der Waals surface area contributed by atoms with Gasteiger partial charge in [-0.15, -0.1) is 0 Å². The summed E-state index contributed by atoms with van der Waals surface area (Å²) in [6.07, 6.45) is 3.23. The Hall–Kier alpha value is -0.170. The number of hydrogen-bond donors (Lipinski definition) is 3. The molecule has 5 nitrogen and oxygen atoms in total. The van der Waals surface area contributed by atoms with E-state index in [1.165, 1.54) is 13.5 Å². The van der Waals surface area contributed by atoms with Crippen LogP contribution in [-0.4, -0.2) is 35.1 Å². The first-order valence-electron chi connectivity index (χ1n) is 5.03. The zero-order chi connectivity index (χ0) is 10.4. The van der Waals surface area contributed by atoms with Gasteiger partial charge in [-0.25, -0.2) is 9.44 Å². The molecular weight excluding hydrogens is 202 g/mol. The normalized spacial score (nSPS) is 22.8. The number of rotatable bonds is 6. The van der Waals surface area contributed by atoms with Crippen LogP contribution in [0.25, 0.3) is 0 Å². The predicted molar refractivity (Wildman–Crippen MR) is 56.2 cm³/mol. The van der Waals surface area contributed by atoms with Crippen molar-refractivity contribution >= 4 is 10.2 Å². The van der Waals surface area contributed by atoms with Crippen LogP contribution in [0.2, 0.25) is 0 Å². The molecule has 1 rings (SSSR count). The molecule has 1 aliphatic heterocycles. The Morgan fingerprint density at radius 3 is 2.86 bits per heavy atom. The van der Waals surface area contributed by atoms with Gasteiger partial charge >= 0.3 is 0 Å². The predicted octanol–water partition coefficient (Wildman–Crippen LogP) is -0.570. The van der Waals surface area contributed by atoms with Gasteiger partial charge < -0.3 is 5.32 Å². The maximum Gasteiger partial charge on any atom is 0.276 e. The molecule has 6 heteroatoms. The van der Waals surface area contributed by atoms with Crippen molar-refractivity contribution in [1.82, 2.24) is 14.8 Å². The first kappa shape index (κ1) is 11.9. The molecule has 1 heterocycles. The Morgan fingerprint density at radius 1 is 1.50 bits per heavy atom. The summed E-state index contributed by atoms with van der Waals surface area (Å²) >= 11 is 0. The molecule has 0 amide bonds. The average molecular weight is 221 g/mol. The average Bonchev–Trinajstić information content (AvgIpc) is 2.65. The summed E-state index contributed by atoms with van der Waals surface area (Å²) in [5.74, 6) is 0.731. The highest BCUT2D eigenvalue weighted by Gasteiger charge is 2.13. The van der Waals surface area contributed by atoms with Gasteiger partial charge in [-0.3, -0.25) is 0 Å². The summed E-state index contributed by atoms with van der Waals surface area (Å²) in [7, 11) is -1.82. The molecular formula is C8H19N3O2S. The molecule has 0 aromatic rings. The number of hydrogen-bond acceptors (Lipinski definition) is 3. The third kappa shape index (κ3) is 4.36. The molecule has 1 saturated heterocycles. The molecule has 0 radical (unpaired) electrons. The van der Waals surface area contributed by atoms with Gasteiger partial charge in [0.05, 0.1) is 0 Å². The van der Waals surface area contributed by atoms with Gasteiger partial charge in [-0.05, 0) is 38.3 Å². The third-order valence-electron chi connectivity index (χ3n) is 2.51. The third-order valence-corrected chi connectivity index (χ3v) is 3.63. The van der Waals surface area contributed by atoms with Crippen LogP contribution in [0.5, 0.6) is 0 Å². The fourth-order valence-electron chi connectivity index (χ4n) is 1.63. The molecule has 3 N–H and O–H groups in total. The second-order valence-corrected chi connectivity index (χ2v) is 5.31. The molecule has 0 spiro atoms. The lowest BCUT2D eigenvalue weighted by atomic mass is 10.0. The van der Waals surface area contributed by atoms with Gasteiger partial charge in [0.25, 0.3) is 10.2 Å². The van der Waals surface area contributed by atoms with Crippen molar-refractivity contribution in [2.45, 2.75) is 19.3 Å². The van der Waals surface area contributed by atoms with Crippen LogP contribution < -0.4 is 14.8 Å². The molecule has 0 aromatic heterocycles. The van der Waals surface area contributed by atoms with Crippen molar-refractivity contribution in [1.29, 1.82) is 0 Å². The van der Waals surface area contributed by atoms with E-state index < -0.39 is 10.2 Å². The fourth-order valence-corrected chi connectivity index (χ4v) is 2.19. The lowest BCUT2D eigenvalue weighted by Crippen LogP contribution is -2.34. The monoisotopic (exact) mass is 221 g/mol. The van der Waals surface area contributed by atoms with Crippen LogP contribution in [0.4, 0.5) is 0 Å². The lowest BCUT2D eigenvalue weighted by molar-refractivity contribution is 0.503. The molecule has 1 atom stereocenters. The molecule has 0 aliphatic carbocycles. The van der Waals surface area contributed by atoms with Gasteiger partial charge in [-0.2, -0.15) is 8.42 Å². The standard InChI is InChI=1S/C8H19N3O2S/c1-9-14(12,13)11-5-2-3-8-4-6-10-7-8/h8-11H,2-7H2,1H3. The highest BCUT2D eigenvalue weighted by Crippen LogP contribution is 2.13. The van der Waals surface area contributed by atoms with E-state index in [-0.39, 0.29) is 0 Å². The van der Waals surface area contributed by atoms with Crippen LogP contribution in [0.1, 0.15) is 19.3 Å². The van der Waals surface area contributed by atoms with Gasteiger partial charge in [-0.1, -0.05) is 0 Å². The van der Waals surface area contributed by atoms with Crippen molar-refractivity contribution < 1.29 is 8.42 Å². The molecule has 1 fully saturated rings. The van der Waals surface area contributed by atoms with Crippen LogP contribution in [0.3, 0.4) is 0 Å². The Morgan fingerprint density at radius 2 is 2.29 bits per heavy atom. The first-order valence-corrected chi connectivity index (χ1v) is 6.51. The maximum atomic E-state index is 11.0. The summed E-state index contributed by atoms with van der Waals surface area (Å²) in [6, 6.07) is 0. The minimum atomic E-state index is -3.23. The smallest absolute Gasteiger partial charge is 0.276 e. The maximum absolute atomic E-state index is 11.0. The number of nitrogens with one attached hydrogen (secondary N) is 3. The molecule has 0 saturated carbocycles. The van der Waals surface area contributed by atoms with Crippen molar-refractivity contribution in [3.63, 3.8) is 0 Å². The Labute approximate surface area is 85.8 Å². The zero-order valence-electron chi connectivity index (χ0n) is 8.54. The highest BCUT2D eigenvalue weighted by atomic mass is 32.2. The molecule has 0 bridgehead atoms. The second kappa shape index (κ2) is 5.65. The van der Waals surface area contributed by atoms with Crippen molar-refractivity contribution in [3.05, 3.63) is 0 Å². The fraction of sp³-hybridized carbons (Fsp3) is 1.00. The first-order chi connectivity index (χ1) is 6.64. The quantitative estimate of drug-likeness (QED) is 0.526. The Kier molecular flexibility index (Phi) is 4.80. The topological polar surface area (TPSA) is 70.2 Å². The summed E-state index contributed by atoms with van der Waals surface area (Å²) < 4.78 is 26.6. The molecule has 84 valence electrons. The summed E-state index contributed by atoms with van der Waals surface area (Å²) in [4.78, 5) is 0. The largest absolute Gasteiger partial charge is 0.316 e. The minimum absolute atomic E-state index is 0.527. The van der Waals surface area contributed by atoms with Crippen molar-refractivity contribution in [3.8, 4) is 0 Å². The van der Waals surface area contributed by atoms with E-state index in [2.05, 4.69) is 14.8 Å². The minimum Gasteiger partial charge on any atom is -0.316 e.